The molecule has 0 aliphatic carbocycles. The molecule has 19 nitrogen and oxygen atoms in total. The number of amides is 2. The molecule has 11 atom stereocenters. The van der Waals surface area contributed by atoms with Crippen molar-refractivity contribution in [3.8, 4) is 0 Å². The molecule has 7 heterocycles. The highest BCUT2D eigenvalue weighted by Crippen LogP contribution is 2.35. The van der Waals surface area contributed by atoms with Gasteiger partial charge in [0.2, 0.25) is 11.8 Å². The van der Waals surface area contributed by atoms with Gasteiger partial charge in [-0.15, -0.1) is 5.10 Å². The predicted molar refractivity (Wildman–Crippen MR) is 158 cm³/mol. The van der Waals surface area contributed by atoms with Crippen LogP contribution in [0.1, 0.15) is 25.7 Å². The summed E-state index contributed by atoms with van der Waals surface area (Å²) in [6.45, 7) is 1.05. The molecule has 6 fully saturated rings. The van der Waals surface area contributed by atoms with Crippen LogP contribution in [0.25, 0.3) is 0 Å². The van der Waals surface area contributed by atoms with Crippen LogP contribution in [0, 0.1) is 5.92 Å². The highest BCUT2D eigenvalue weighted by molar-refractivity contribution is 5.94. The van der Waals surface area contributed by atoms with Gasteiger partial charge in [0.15, 0.2) is 18.4 Å². The normalized spacial score (nSPS) is 33.7. The second kappa shape index (κ2) is 18.4. The molecule has 6 aliphatic rings. The van der Waals surface area contributed by atoms with Gasteiger partial charge in [0.05, 0.1) is 63.8 Å². The lowest BCUT2D eigenvalue weighted by molar-refractivity contribution is -0.357. The zero-order valence-electron chi connectivity index (χ0n) is 26.6. The lowest BCUT2D eigenvalue weighted by Gasteiger charge is -2.47. The molecule has 8 N–H and O–H groups in total. The molecular weight excluding hydrogens is 628 g/mol. The first kappa shape index (κ1) is 37.4. The van der Waals surface area contributed by atoms with Crippen molar-refractivity contribution in [3.63, 3.8) is 0 Å². The Morgan fingerprint density at radius 1 is 1.02 bits per heavy atom. The first-order valence-corrected chi connectivity index (χ1v) is 15.8. The standard InChI is InChI=1S/C28H48N6O13/c1-29-16(26(41)30-6-8-43-10-9-42-2)11-20(36)31-19-13-34(33-32-19)12-17-15-5-3-4-7-44-27-24(40)22(38)25(18(14-35)46-27)47-28(45-17)23(39)21(15)37/h13,15-18,21-25,27-29,35,37-40H,3-12,14H2,1-2H3,(H,30,41)(H,31,36)/t15?,16?,17?,18?,21?,22-,23?,24-,25?,27-,28+/m1/s1. The second-order valence-electron chi connectivity index (χ2n) is 11.7. The third-order valence-corrected chi connectivity index (χ3v) is 8.38. The summed E-state index contributed by atoms with van der Waals surface area (Å²) in [5.74, 6) is -1.30. The summed E-state index contributed by atoms with van der Waals surface area (Å²) in [7, 11) is 3.13. The molecular formula is C28H48N6O13. The summed E-state index contributed by atoms with van der Waals surface area (Å²) >= 11 is 0. The van der Waals surface area contributed by atoms with Crippen molar-refractivity contribution in [1.82, 2.24) is 25.6 Å². The number of aliphatic hydroxyl groups excluding tert-OH is 5. The number of anilines is 1. The molecule has 0 saturated carbocycles. The molecule has 19 heteroatoms. The van der Waals surface area contributed by atoms with E-state index in [0.29, 0.717) is 39.1 Å². The van der Waals surface area contributed by atoms with Gasteiger partial charge >= 0.3 is 0 Å². The van der Waals surface area contributed by atoms with Gasteiger partial charge in [0.25, 0.3) is 0 Å². The number of nitrogens with one attached hydrogen (secondary N) is 3. The van der Waals surface area contributed by atoms with E-state index in [1.165, 1.54) is 10.9 Å². The van der Waals surface area contributed by atoms with E-state index in [4.69, 9.17) is 28.4 Å². The summed E-state index contributed by atoms with van der Waals surface area (Å²) in [6, 6.07) is -0.804. The maximum absolute atomic E-state index is 12.7. The smallest absolute Gasteiger partial charge is 0.237 e. The average Bonchev–Trinajstić information content (AvgIpc) is 3.49. The SMILES string of the molecule is CNC(CC(=O)Nc1cn(CC2O[C@H]3OC4C(CO)O[C@@H](OCCCCC2C(O)C3O)[C@H](O)[C@H]4O)nn1)C(=O)NCCOCCOC. The average molecular weight is 677 g/mol. The number of aliphatic hydroxyl groups is 5. The number of carbonyl (C=O) groups is 2. The maximum Gasteiger partial charge on any atom is 0.237 e. The molecule has 0 aromatic carbocycles. The number of ether oxygens (including phenoxy) is 6. The largest absolute Gasteiger partial charge is 0.394 e. The van der Waals surface area contributed by atoms with Crippen LogP contribution in [0.15, 0.2) is 6.20 Å². The highest BCUT2D eigenvalue weighted by Gasteiger charge is 2.51. The Morgan fingerprint density at radius 2 is 1.79 bits per heavy atom. The molecule has 7 unspecified atom stereocenters. The second-order valence-corrected chi connectivity index (χ2v) is 11.7. The van der Waals surface area contributed by atoms with E-state index in [0.717, 1.165) is 0 Å². The topological polar surface area (TPSA) is 257 Å². The van der Waals surface area contributed by atoms with Gasteiger partial charge in [-0.1, -0.05) is 11.6 Å². The number of likely N-dealkylation sites (N-methyl/N-ethyl adjacent to an activating group) is 1. The number of rotatable bonds is 14. The van der Waals surface area contributed by atoms with Crippen molar-refractivity contribution in [2.24, 2.45) is 5.92 Å². The molecule has 47 heavy (non-hydrogen) atoms. The molecule has 6 aliphatic heterocycles. The number of hydrogen-bond donors (Lipinski definition) is 8. The van der Waals surface area contributed by atoms with Crippen LogP contribution in [-0.4, -0.2) is 167 Å². The molecule has 268 valence electrons. The summed E-state index contributed by atoms with van der Waals surface area (Å²) in [6.07, 6.45) is -8.89. The van der Waals surface area contributed by atoms with Crippen molar-refractivity contribution in [2.45, 2.75) is 93.6 Å². The monoisotopic (exact) mass is 676 g/mol. The molecule has 1 aromatic rings. The predicted octanol–water partition coefficient (Wildman–Crippen LogP) is -3.94. The zero-order chi connectivity index (χ0) is 33.9. The minimum Gasteiger partial charge on any atom is -0.394 e. The van der Waals surface area contributed by atoms with Crippen LogP contribution in [0.3, 0.4) is 0 Å². The number of methoxy groups -OCH3 is 1. The molecule has 4 bridgehead atoms. The van der Waals surface area contributed by atoms with Gasteiger partial charge in [-0.3, -0.25) is 9.59 Å². The van der Waals surface area contributed by atoms with E-state index in [2.05, 4.69) is 26.3 Å². The molecule has 6 saturated heterocycles. The minimum atomic E-state index is -1.55. The van der Waals surface area contributed by atoms with Crippen molar-refractivity contribution in [3.05, 3.63) is 6.20 Å². The lowest BCUT2D eigenvalue weighted by atomic mass is 9.84. The lowest BCUT2D eigenvalue weighted by Crippen LogP contribution is -2.64. The van der Waals surface area contributed by atoms with Crippen molar-refractivity contribution in [2.75, 3.05) is 59.1 Å². The number of nitrogens with zero attached hydrogens (tertiary/aromatic N) is 3. The molecule has 2 amide bonds. The third-order valence-electron chi connectivity index (χ3n) is 8.38. The van der Waals surface area contributed by atoms with E-state index < -0.39 is 79.8 Å². The number of carbonyl (C=O) groups excluding carboxylic acids is 2. The maximum atomic E-state index is 12.7. The van der Waals surface area contributed by atoms with E-state index in [1.54, 1.807) is 14.2 Å². The van der Waals surface area contributed by atoms with Crippen LogP contribution in [0.2, 0.25) is 0 Å². The summed E-state index contributed by atoms with van der Waals surface area (Å²) in [4.78, 5) is 25.2. The van der Waals surface area contributed by atoms with Crippen molar-refractivity contribution < 1.29 is 63.5 Å². The van der Waals surface area contributed by atoms with Crippen LogP contribution in [-0.2, 0) is 44.6 Å². The van der Waals surface area contributed by atoms with Crippen LogP contribution >= 0.6 is 0 Å². The van der Waals surface area contributed by atoms with Crippen molar-refractivity contribution >= 4 is 17.6 Å². The first-order valence-electron chi connectivity index (χ1n) is 15.8. The summed E-state index contributed by atoms with van der Waals surface area (Å²) in [5, 5.41) is 69.5. The first-order chi connectivity index (χ1) is 22.7. The van der Waals surface area contributed by atoms with E-state index >= 15 is 0 Å². The Morgan fingerprint density at radius 3 is 2.53 bits per heavy atom. The summed E-state index contributed by atoms with van der Waals surface area (Å²) in [5.41, 5.74) is 0. The van der Waals surface area contributed by atoms with Gasteiger partial charge < -0.3 is 69.9 Å². The molecule has 0 radical (unpaired) electrons. The van der Waals surface area contributed by atoms with Crippen LogP contribution in [0.5, 0.6) is 0 Å². The Labute approximate surface area is 271 Å². The van der Waals surface area contributed by atoms with E-state index in [9.17, 15) is 35.1 Å². The van der Waals surface area contributed by atoms with Crippen LogP contribution in [0.4, 0.5) is 5.82 Å². The third kappa shape index (κ3) is 10.1. The van der Waals surface area contributed by atoms with Crippen LogP contribution < -0.4 is 16.0 Å². The Balaban J connectivity index is 1.37. The fraction of sp³-hybridized carbons (Fsp3) is 0.857. The van der Waals surface area contributed by atoms with E-state index in [-0.39, 0.29) is 37.8 Å². The molecule has 0 spiro atoms. The van der Waals surface area contributed by atoms with Gasteiger partial charge in [-0.05, 0) is 19.9 Å². The minimum absolute atomic E-state index is 0.0412. The number of hydrogen-bond acceptors (Lipinski definition) is 16. The Hall–Kier alpha value is -2.40. The number of aromatic nitrogens is 3. The Kier molecular flexibility index (Phi) is 14.6. The van der Waals surface area contributed by atoms with Gasteiger partial charge in [0.1, 0.15) is 30.5 Å². The fourth-order valence-corrected chi connectivity index (χ4v) is 5.78. The van der Waals surface area contributed by atoms with Crippen molar-refractivity contribution in [1.29, 1.82) is 0 Å². The van der Waals surface area contributed by atoms with Gasteiger partial charge in [0, 0.05) is 26.2 Å². The van der Waals surface area contributed by atoms with Gasteiger partial charge in [-0.2, -0.15) is 0 Å². The summed E-state index contributed by atoms with van der Waals surface area (Å²) < 4.78 is 34.8. The molecule has 1 aromatic heterocycles. The molecule has 7 rings (SSSR count). The Bertz CT molecular complexity index is 1110. The quantitative estimate of drug-likeness (QED) is 0.0875. The fourth-order valence-electron chi connectivity index (χ4n) is 5.78. The van der Waals surface area contributed by atoms with E-state index in [1.807, 2.05) is 0 Å². The highest BCUT2D eigenvalue weighted by atomic mass is 16.7. The zero-order valence-corrected chi connectivity index (χ0v) is 26.6. The van der Waals surface area contributed by atoms with Gasteiger partial charge in [-0.25, -0.2) is 4.68 Å².